The zero-order chi connectivity index (χ0) is 17.1. The monoisotopic (exact) mass is 364 g/mol. The van der Waals surface area contributed by atoms with Crippen LogP contribution in [0.1, 0.15) is 25.0 Å². The molecule has 2 aromatic rings. The van der Waals surface area contributed by atoms with Crippen LogP contribution in [0.25, 0.3) is 10.6 Å². The molecule has 1 aromatic heterocycles. The highest BCUT2D eigenvalue weighted by Crippen LogP contribution is 2.27. The van der Waals surface area contributed by atoms with E-state index in [1.807, 2.05) is 29.6 Å². The summed E-state index contributed by atoms with van der Waals surface area (Å²) in [4.78, 5) is 27.6. The van der Waals surface area contributed by atoms with Gasteiger partial charge in [0.25, 0.3) is 0 Å². The summed E-state index contributed by atoms with van der Waals surface area (Å²) >= 11 is 7.36. The number of hydrogen-bond acceptors (Lipinski definition) is 4. The number of carbonyl (C=O) groups is 2. The van der Waals surface area contributed by atoms with Crippen LogP contribution in [0.5, 0.6) is 0 Å². The number of carbonyl (C=O) groups excluding carboxylic acids is 1. The quantitative estimate of drug-likeness (QED) is 0.852. The minimum absolute atomic E-state index is 0.0482. The molecule has 0 saturated heterocycles. The van der Waals surface area contributed by atoms with Crippen molar-refractivity contribution in [3.8, 4) is 10.6 Å². The van der Waals surface area contributed by atoms with Gasteiger partial charge in [-0.15, -0.1) is 11.3 Å². The van der Waals surface area contributed by atoms with Gasteiger partial charge in [0.15, 0.2) is 0 Å². The maximum atomic E-state index is 12.1. The van der Waals surface area contributed by atoms with Crippen LogP contribution in [0.2, 0.25) is 5.02 Å². The first-order valence-corrected chi connectivity index (χ1v) is 8.99. The van der Waals surface area contributed by atoms with Gasteiger partial charge in [0.1, 0.15) is 5.01 Å². The molecular weight excluding hydrogens is 348 g/mol. The third-order valence-electron chi connectivity index (χ3n) is 4.13. The summed E-state index contributed by atoms with van der Waals surface area (Å²) in [5.41, 5.74) is 1.69. The smallest absolute Gasteiger partial charge is 0.306 e. The highest BCUT2D eigenvalue weighted by Gasteiger charge is 2.30. The van der Waals surface area contributed by atoms with E-state index in [9.17, 15) is 9.59 Å². The van der Waals surface area contributed by atoms with Gasteiger partial charge < -0.3 is 10.4 Å². The summed E-state index contributed by atoms with van der Waals surface area (Å²) in [6, 6.07) is 7.37. The summed E-state index contributed by atoms with van der Waals surface area (Å²) < 4.78 is 0. The molecule has 5 nitrogen and oxygen atoms in total. The van der Waals surface area contributed by atoms with E-state index in [-0.39, 0.29) is 24.3 Å². The number of nitrogens with zero attached hydrogens (tertiary/aromatic N) is 1. The molecule has 1 aromatic carbocycles. The molecule has 0 radical (unpaired) electrons. The number of carboxylic acid groups (broad SMARTS) is 1. The fourth-order valence-electron chi connectivity index (χ4n) is 2.89. The Morgan fingerprint density at radius 2 is 2.04 bits per heavy atom. The Bertz CT molecular complexity index is 745. The van der Waals surface area contributed by atoms with Gasteiger partial charge in [0.2, 0.25) is 5.91 Å². The van der Waals surface area contributed by atoms with E-state index in [1.165, 1.54) is 11.3 Å². The third kappa shape index (κ3) is 4.13. The molecule has 0 bridgehead atoms. The van der Waals surface area contributed by atoms with Crippen LogP contribution < -0.4 is 5.32 Å². The number of hydrogen-bond donors (Lipinski definition) is 2. The van der Waals surface area contributed by atoms with Crippen molar-refractivity contribution in [1.29, 1.82) is 0 Å². The molecule has 126 valence electrons. The molecular formula is C17H17ClN2O3S. The number of thiazole rings is 1. The van der Waals surface area contributed by atoms with E-state index in [4.69, 9.17) is 16.7 Å². The minimum atomic E-state index is -0.779. The second-order valence-corrected chi connectivity index (χ2v) is 7.23. The lowest BCUT2D eigenvalue weighted by Gasteiger charge is -2.11. The van der Waals surface area contributed by atoms with Crippen molar-refractivity contribution < 1.29 is 14.7 Å². The molecule has 1 heterocycles. The van der Waals surface area contributed by atoms with E-state index in [2.05, 4.69) is 10.3 Å². The van der Waals surface area contributed by atoms with Crippen LogP contribution in [-0.2, 0) is 16.0 Å². The number of benzene rings is 1. The van der Waals surface area contributed by atoms with Crippen molar-refractivity contribution in [2.75, 3.05) is 0 Å². The van der Waals surface area contributed by atoms with Crippen molar-refractivity contribution in [1.82, 2.24) is 10.3 Å². The maximum absolute atomic E-state index is 12.1. The van der Waals surface area contributed by atoms with E-state index in [0.717, 1.165) is 22.7 Å². The summed E-state index contributed by atoms with van der Waals surface area (Å²) in [6.07, 6.45) is 2.06. The number of aliphatic carboxylic acids is 1. The molecule has 2 N–H and O–H groups in total. The van der Waals surface area contributed by atoms with Crippen molar-refractivity contribution in [3.05, 3.63) is 40.4 Å². The van der Waals surface area contributed by atoms with Crippen LogP contribution >= 0.6 is 22.9 Å². The second kappa shape index (κ2) is 7.32. The minimum Gasteiger partial charge on any atom is -0.481 e. The largest absolute Gasteiger partial charge is 0.481 e. The fourth-order valence-corrected chi connectivity index (χ4v) is 3.85. The first-order chi connectivity index (χ1) is 11.5. The predicted molar refractivity (Wildman–Crippen MR) is 93.2 cm³/mol. The van der Waals surface area contributed by atoms with E-state index < -0.39 is 5.97 Å². The van der Waals surface area contributed by atoms with Gasteiger partial charge in [-0.2, -0.15) is 0 Å². The van der Waals surface area contributed by atoms with Crippen LogP contribution in [0, 0.1) is 5.92 Å². The van der Waals surface area contributed by atoms with Gasteiger partial charge >= 0.3 is 5.97 Å². The Morgan fingerprint density at radius 1 is 1.29 bits per heavy atom. The van der Waals surface area contributed by atoms with Gasteiger partial charge in [-0.1, -0.05) is 23.7 Å². The first kappa shape index (κ1) is 16.9. The molecule has 1 aliphatic carbocycles. The molecule has 2 atom stereocenters. The summed E-state index contributed by atoms with van der Waals surface area (Å²) in [7, 11) is 0. The Kier molecular flexibility index (Phi) is 5.16. The highest BCUT2D eigenvalue weighted by molar-refractivity contribution is 7.13. The molecule has 24 heavy (non-hydrogen) atoms. The number of rotatable bonds is 5. The highest BCUT2D eigenvalue weighted by atomic mass is 35.5. The molecule has 1 fully saturated rings. The lowest BCUT2D eigenvalue weighted by Crippen LogP contribution is -2.34. The lowest BCUT2D eigenvalue weighted by molar-refractivity contribution is -0.141. The maximum Gasteiger partial charge on any atom is 0.306 e. The van der Waals surface area contributed by atoms with E-state index in [0.29, 0.717) is 17.9 Å². The predicted octanol–water partition coefficient (Wildman–Crippen LogP) is 3.38. The average molecular weight is 365 g/mol. The fraction of sp³-hybridized carbons (Fsp3) is 0.353. The normalized spacial score (nSPS) is 20.0. The van der Waals surface area contributed by atoms with Gasteiger partial charge in [-0.25, -0.2) is 4.98 Å². The summed E-state index contributed by atoms with van der Waals surface area (Å²) in [5.74, 6) is -1.23. The van der Waals surface area contributed by atoms with Crippen LogP contribution in [0.15, 0.2) is 29.6 Å². The number of halogens is 1. The van der Waals surface area contributed by atoms with Crippen LogP contribution in [-0.4, -0.2) is 28.0 Å². The molecule has 3 rings (SSSR count). The second-order valence-electron chi connectivity index (χ2n) is 5.94. The van der Waals surface area contributed by atoms with Gasteiger partial charge in [-0.05, 0) is 31.4 Å². The van der Waals surface area contributed by atoms with Crippen molar-refractivity contribution in [2.45, 2.75) is 31.7 Å². The zero-order valence-corrected chi connectivity index (χ0v) is 14.4. The first-order valence-electron chi connectivity index (χ1n) is 7.74. The molecule has 7 heteroatoms. The van der Waals surface area contributed by atoms with Crippen molar-refractivity contribution >= 4 is 34.8 Å². The van der Waals surface area contributed by atoms with Crippen LogP contribution in [0.4, 0.5) is 0 Å². The molecule has 0 unspecified atom stereocenters. The topological polar surface area (TPSA) is 79.3 Å². The Hall–Kier alpha value is -1.92. The number of nitrogens with one attached hydrogen (secondary N) is 1. The van der Waals surface area contributed by atoms with Gasteiger partial charge in [0.05, 0.1) is 18.0 Å². The zero-order valence-electron chi connectivity index (χ0n) is 12.9. The van der Waals surface area contributed by atoms with Gasteiger partial charge in [0, 0.05) is 22.0 Å². The summed E-state index contributed by atoms with van der Waals surface area (Å²) in [6.45, 7) is 0. The molecule has 1 aliphatic rings. The molecule has 1 saturated carbocycles. The average Bonchev–Trinajstić information content (AvgIpc) is 3.17. The van der Waals surface area contributed by atoms with Crippen LogP contribution in [0.3, 0.4) is 0 Å². The number of amides is 1. The number of aromatic nitrogens is 1. The van der Waals surface area contributed by atoms with E-state index >= 15 is 0 Å². The molecule has 0 aliphatic heterocycles. The third-order valence-corrected chi connectivity index (χ3v) is 5.32. The molecule has 0 spiro atoms. The Morgan fingerprint density at radius 3 is 2.71 bits per heavy atom. The van der Waals surface area contributed by atoms with Gasteiger partial charge in [-0.3, -0.25) is 9.59 Å². The standard InChI is InChI=1S/C17H17ClN2O3S/c18-12-4-1-10(2-5-12)16-20-14(9-24-16)8-15(21)19-13-6-3-11(7-13)17(22)23/h1-2,4-5,9,11,13H,3,6-8H2,(H,19,21)(H,22,23)/t11-,13+/m0/s1. The van der Waals surface area contributed by atoms with E-state index in [1.54, 1.807) is 0 Å². The Balaban J connectivity index is 1.56. The van der Waals surface area contributed by atoms with Crippen molar-refractivity contribution in [2.24, 2.45) is 5.92 Å². The SMILES string of the molecule is O=C(Cc1csc(-c2ccc(Cl)cc2)n1)N[C@@H]1CC[C@H](C(=O)O)C1. The lowest BCUT2D eigenvalue weighted by atomic mass is 10.1. The summed E-state index contributed by atoms with van der Waals surface area (Å²) in [5, 5.41) is 15.3. The molecule has 1 amide bonds. The number of carboxylic acids is 1. The van der Waals surface area contributed by atoms with Crippen molar-refractivity contribution in [3.63, 3.8) is 0 Å². The Labute approximate surface area is 148 Å².